The highest BCUT2D eigenvalue weighted by atomic mass is 32.1. The minimum atomic E-state index is -0.351. The molecule has 0 amide bonds. The van der Waals surface area contributed by atoms with Crippen molar-refractivity contribution in [1.29, 1.82) is 5.41 Å². The van der Waals surface area contributed by atoms with Crippen molar-refractivity contribution in [1.82, 2.24) is 0 Å². The van der Waals surface area contributed by atoms with E-state index in [0.717, 1.165) is 11.1 Å². The highest BCUT2D eigenvalue weighted by Gasteiger charge is 2.10. The summed E-state index contributed by atoms with van der Waals surface area (Å²) in [6.07, 6.45) is 0. The highest BCUT2D eigenvalue weighted by Crippen LogP contribution is 2.15. The molecule has 0 heterocycles. The quantitative estimate of drug-likeness (QED) is 0.498. The predicted octanol–water partition coefficient (Wildman–Crippen LogP) is 5.67. The standard InChI is InChI=1S/C14H12FN.3C2H6.CH5NO.H2O.H2S.H2/c1-10-6-2-3-7-11(10)14(16)12-8-4-5-9-13(12)15;3*1-2;1-3-2;;;/h2-9,16H,1H3;3*1-2H3;2H2,1H3;2*1H2;1H. The summed E-state index contributed by atoms with van der Waals surface area (Å²) in [5, 5.41) is 8.01. The van der Waals surface area contributed by atoms with Gasteiger partial charge in [0.15, 0.2) is 0 Å². The summed E-state index contributed by atoms with van der Waals surface area (Å²) in [5.74, 6) is 4.00. The van der Waals surface area contributed by atoms with E-state index in [0.29, 0.717) is 5.56 Å². The van der Waals surface area contributed by atoms with Crippen LogP contribution in [0.5, 0.6) is 0 Å². The van der Waals surface area contributed by atoms with Gasteiger partial charge in [0.1, 0.15) is 5.82 Å². The highest BCUT2D eigenvalue weighted by molar-refractivity contribution is 7.59. The Kier molecular flexibility index (Phi) is 35.6. The molecule has 0 saturated heterocycles. The van der Waals surface area contributed by atoms with Gasteiger partial charge in [-0.1, -0.05) is 77.9 Å². The molecule has 2 rings (SSSR count). The summed E-state index contributed by atoms with van der Waals surface area (Å²) < 4.78 is 13.5. The maximum Gasteiger partial charge on any atom is 0.132 e. The van der Waals surface area contributed by atoms with Crippen molar-refractivity contribution in [2.75, 3.05) is 7.11 Å². The topological polar surface area (TPSA) is 90.6 Å². The van der Waals surface area contributed by atoms with Gasteiger partial charge in [-0.15, -0.1) is 0 Å². The van der Waals surface area contributed by atoms with Crippen LogP contribution in [0.1, 0.15) is 59.7 Å². The van der Waals surface area contributed by atoms with E-state index < -0.39 is 0 Å². The summed E-state index contributed by atoms with van der Waals surface area (Å²) in [5.41, 5.74) is 2.33. The molecular weight excluding hydrogens is 363 g/mol. The minimum absolute atomic E-state index is 0. The van der Waals surface area contributed by atoms with Crippen LogP contribution in [0.2, 0.25) is 0 Å². The second kappa shape index (κ2) is 26.5. The average molecular weight is 405 g/mol. The molecule has 0 spiro atoms. The first-order chi connectivity index (χ1) is 12.1. The Balaban J connectivity index is -0.0000000887. The van der Waals surface area contributed by atoms with Crippen molar-refractivity contribution in [3.63, 3.8) is 0 Å². The Bertz CT molecular complexity index is 526. The molecule has 0 aliphatic heterocycles. The minimum Gasteiger partial charge on any atom is -0.412 e. The van der Waals surface area contributed by atoms with E-state index in [1.165, 1.54) is 13.2 Å². The third kappa shape index (κ3) is 15.1. The summed E-state index contributed by atoms with van der Waals surface area (Å²) in [4.78, 5) is 3.75. The lowest BCUT2D eigenvalue weighted by Gasteiger charge is -2.08. The Morgan fingerprint density at radius 2 is 1.22 bits per heavy atom. The number of nitrogens with two attached hydrogens (primary N) is 1. The molecule has 2 aromatic rings. The molecule has 0 aliphatic carbocycles. The molecular formula is C21H41FN2O2S. The number of hydrogen-bond acceptors (Lipinski definition) is 3. The average Bonchev–Trinajstić information content (AvgIpc) is 2.67. The third-order valence-electron chi connectivity index (χ3n) is 2.56. The summed E-state index contributed by atoms with van der Waals surface area (Å²) >= 11 is 0. The smallest absolute Gasteiger partial charge is 0.132 e. The van der Waals surface area contributed by atoms with Crippen LogP contribution in [-0.2, 0) is 4.84 Å². The molecule has 0 bridgehead atoms. The molecule has 0 atom stereocenters. The van der Waals surface area contributed by atoms with Gasteiger partial charge in [-0.2, -0.15) is 13.5 Å². The number of nitrogens with one attached hydrogen (secondary N) is 1. The second-order valence-corrected chi connectivity index (χ2v) is 3.91. The number of rotatable bonds is 2. The van der Waals surface area contributed by atoms with Gasteiger partial charge in [0.05, 0.1) is 12.8 Å². The third-order valence-corrected chi connectivity index (χ3v) is 2.56. The van der Waals surface area contributed by atoms with Crippen molar-refractivity contribution in [3.05, 3.63) is 71.0 Å². The largest absolute Gasteiger partial charge is 0.412 e. The van der Waals surface area contributed by atoms with Crippen molar-refractivity contribution in [2.45, 2.75) is 48.5 Å². The Morgan fingerprint density at radius 3 is 1.59 bits per heavy atom. The van der Waals surface area contributed by atoms with E-state index in [2.05, 4.69) is 10.7 Å². The van der Waals surface area contributed by atoms with Crippen molar-refractivity contribution >= 4 is 19.2 Å². The van der Waals surface area contributed by atoms with Gasteiger partial charge in [-0.05, 0) is 24.6 Å². The van der Waals surface area contributed by atoms with E-state index in [1.54, 1.807) is 18.2 Å². The van der Waals surface area contributed by atoms with Gasteiger partial charge in [0, 0.05) is 12.6 Å². The lowest BCUT2D eigenvalue weighted by atomic mass is 9.98. The van der Waals surface area contributed by atoms with E-state index in [9.17, 15) is 4.39 Å². The van der Waals surface area contributed by atoms with E-state index >= 15 is 0 Å². The molecule has 27 heavy (non-hydrogen) atoms. The van der Waals surface area contributed by atoms with E-state index in [-0.39, 0.29) is 31.9 Å². The number of aryl methyl sites for hydroxylation is 1. The van der Waals surface area contributed by atoms with Crippen LogP contribution in [0.25, 0.3) is 0 Å². The lowest BCUT2D eigenvalue weighted by molar-refractivity contribution is 0.206. The van der Waals surface area contributed by atoms with Gasteiger partial charge in [-0.3, -0.25) is 5.41 Å². The fraction of sp³-hybridized carbons (Fsp3) is 0.381. The molecule has 0 saturated carbocycles. The lowest BCUT2D eigenvalue weighted by Crippen LogP contribution is -2.05. The molecule has 5 N–H and O–H groups in total. The van der Waals surface area contributed by atoms with Crippen LogP contribution in [0.4, 0.5) is 4.39 Å². The maximum atomic E-state index is 13.5. The first-order valence-corrected chi connectivity index (χ1v) is 8.74. The molecule has 0 fully saturated rings. The maximum absolute atomic E-state index is 13.5. The molecule has 6 heteroatoms. The van der Waals surface area contributed by atoms with E-state index in [1.807, 2.05) is 72.7 Å². The van der Waals surface area contributed by atoms with Gasteiger partial charge in [0.2, 0.25) is 0 Å². The van der Waals surface area contributed by atoms with Gasteiger partial charge in [-0.25, -0.2) is 10.3 Å². The number of halogens is 1. The molecule has 0 unspecified atom stereocenters. The molecule has 2 aromatic carbocycles. The first kappa shape index (κ1) is 36.2. The molecule has 0 aliphatic rings. The van der Waals surface area contributed by atoms with Crippen LogP contribution < -0.4 is 5.90 Å². The molecule has 0 radical (unpaired) electrons. The fourth-order valence-electron chi connectivity index (χ4n) is 1.66. The summed E-state index contributed by atoms with van der Waals surface area (Å²) in [6, 6.07) is 13.9. The van der Waals surface area contributed by atoms with Crippen LogP contribution in [0.15, 0.2) is 48.5 Å². The van der Waals surface area contributed by atoms with Crippen molar-refractivity contribution in [2.24, 2.45) is 5.90 Å². The SMILES string of the molecule is CC.CC.CC.CON.Cc1ccccc1C(=N)c1ccccc1F.O.S.[HH]. The van der Waals surface area contributed by atoms with Crippen molar-refractivity contribution in [3.8, 4) is 0 Å². The zero-order valence-electron chi connectivity index (χ0n) is 18.0. The first-order valence-electron chi connectivity index (χ1n) is 8.74. The van der Waals surface area contributed by atoms with Crippen LogP contribution in [0.3, 0.4) is 0 Å². The molecule has 4 nitrogen and oxygen atoms in total. The van der Waals surface area contributed by atoms with Gasteiger partial charge in [0.25, 0.3) is 0 Å². The summed E-state index contributed by atoms with van der Waals surface area (Å²) in [7, 11) is 1.40. The van der Waals surface area contributed by atoms with Crippen LogP contribution in [0, 0.1) is 18.2 Å². The summed E-state index contributed by atoms with van der Waals surface area (Å²) in [6.45, 7) is 13.9. The Labute approximate surface area is 173 Å². The number of benzene rings is 2. The van der Waals surface area contributed by atoms with Crippen molar-refractivity contribution < 1.29 is 16.1 Å². The predicted molar refractivity (Wildman–Crippen MR) is 125 cm³/mol. The number of hydrogen-bond donors (Lipinski definition) is 2. The normalized spacial score (nSPS) is 7.33. The van der Waals surface area contributed by atoms with Crippen LogP contribution in [-0.4, -0.2) is 18.3 Å². The zero-order chi connectivity index (χ0) is 20.3. The molecule has 0 aromatic heterocycles. The molecule has 160 valence electrons. The monoisotopic (exact) mass is 404 g/mol. The van der Waals surface area contributed by atoms with E-state index in [4.69, 9.17) is 5.41 Å². The van der Waals surface area contributed by atoms with Gasteiger partial charge >= 0.3 is 0 Å². The fourth-order valence-corrected chi connectivity index (χ4v) is 1.66. The van der Waals surface area contributed by atoms with Crippen LogP contribution >= 0.6 is 13.5 Å². The zero-order valence-corrected chi connectivity index (χ0v) is 19.0. The van der Waals surface area contributed by atoms with Gasteiger partial charge < -0.3 is 10.3 Å². The second-order valence-electron chi connectivity index (χ2n) is 3.91. The Morgan fingerprint density at radius 1 is 0.889 bits per heavy atom. The Hall–Kier alpha value is -1.73.